The summed E-state index contributed by atoms with van der Waals surface area (Å²) in [6.45, 7) is 7.37. The van der Waals surface area contributed by atoms with Crippen molar-refractivity contribution in [2.75, 3.05) is 43.6 Å². The Morgan fingerprint density at radius 2 is 1.82 bits per heavy atom. The Hall–Kier alpha value is -2.68. The number of anilines is 2. The number of fused-ring (bicyclic) bond motifs is 1. The molecule has 0 bridgehead atoms. The van der Waals surface area contributed by atoms with Gasteiger partial charge in [-0.05, 0) is 43.4 Å². The van der Waals surface area contributed by atoms with E-state index in [1.54, 1.807) is 0 Å². The third-order valence-electron chi connectivity index (χ3n) is 6.89. The van der Waals surface area contributed by atoms with Gasteiger partial charge in [0.25, 0.3) is 0 Å². The zero-order valence-electron chi connectivity index (χ0n) is 19.4. The van der Waals surface area contributed by atoms with Crippen molar-refractivity contribution in [1.29, 1.82) is 0 Å². The quantitative estimate of drug-likeness (QED) is 0.528. The van der Waals surface area contributed by atoms with Gasteiger partial charge in [0.2, 0.25) is 0 Å². The number of nitrogens with one attached hydrogen (secondary N) is 2. The molecule has 1 aromatic carbocycles. The molecule has 0 radical (unpaired) electrons. The molecule has 4 heterocycles. The minimum Gasteiger partial charge on any atom is -0.388 e. The zero-order chi connectivity index (χ0) is 22.8. The van der Waals surface area contributed by atoms with Crippen LogP contribution in [0.15, 0.2) is 30.5 Å². The third-order valence-corrected chi connectivity index (χ3v) is 6.89. The maximum Gasteiger partial charge on any atom is 0.167 e. The SMILES string of the molecule is Cc1ccc(-c2cnn3c(NCC4(O)CCOCC4)cc(NC4CCOCC4)nc23)cc1C. The van der Waals surface area contributed by atoms with Crippen LogP contribution in [0.1, 0.15) is 36.8 Å². The second-order valence-corrected chi connectivity index (χ2v) is 9.34. The van der Waals surface area contributed by atoms with Crippen molar-refractivity contribution >= 4 is 17.3 Å². The molecule has 0 spiro atoms. The van der Waals surface area contributed by atoms with Gasteiger partial charge in [-0.2, -0.15) is 9.61 Å². The lowest BCUT2D eigenvalue weighted by atomic mass is 9.94. The molecule has 0 saturated carbocycles. The molecular formula is C25H33N5O3. The maximum atomic E-state index is 11.0. The zero-order valence-corrected chi connectivity index (χ0v) is 19.4. The van der Waals surface area contributed by atoms with Crippen LogP contribution < -0.4 is 10.6 Å². The lowest BCUT2D eigenvalue weighted by molar-refractivity contribution is -0.0544. The standard InChI is InChI=1S/C25H33N5O3/c1-17-3-4-19(13-18(17)2)21-15-27-30-23(26-16-25(31)7-11-33-12-8-25)14-22(29-24(21)30)28-20-5-9-32-10-6-20/h3-4,13-15,20,26,31H,5-12,16H2,1-2H3,(H,28,29). The van der Waals surface area contributed by atoms with Gasteiger partial charge in [0.05, 0.1) is 11.8 Å². The molecule has 3 N–H and O–H groups in total. The molecule has 33 heavy (non-hydrogen) atoms. The van der Waals surface area contributed by atoms with E-state index in [0.717, 1.165) is 54.5 Å². The Morgan fingerprint density at radius 3 is 2.58 bits per heavy atom. The Morgan fingerprint density at radius 1 is 1.06 bits per heavy atom. The van der Waals surface area contributed by atoms with Crippen LogP contribution in [0.2, 0.25) is 0 Å². The van der Waals surface area contributed by atoms with Crippen molar-refractivity contribution in [3.63, 3.8) is 0 Å². The highest BCUT2D eigenvalue weighted by Crippen LogP contribution is 2.30. The van der Waals surface area contributed by atoms with Crippen molar-refractivity contribution < 1.29 is 14.6 Å². The van der Waals surface area contributed by atoms with Crippen LogP contribution in [0.5, 0.6) is 0 Å². The molecule has 176 valence electrons. The highest BCUT2D eigenvalue weighted by Gasteiger charge is 2.30. The number of benzene rings is 1. The van der Waals surface area contributed by atoms with Gasteiger partial charge in [-0.25, -0.2) is 4.98 Å². The Kier molecular flexibility index (Phi) is 6.23. The van der Waals surface area contributed by atoms with E-state index in [9.17, 15) is 5.11 Å². The van der Waals surface area contributed by atoms with Crippen molar-refractivity contribution in [2.24, 2.45) is 0 Å². The number of aromatic nitrogens is 3. The summed E-state index contributed by atoms with van der Waals surface area (Å²) in [5.41, 5.74) is 4.59. The summed E-state index contributed by atoms with van der Waals surface area (Å²) in [5, 5.41) is 22.7. The average Bonchev–Trinajstić information content (AvgIpc) is 3.25. The van der Waals surface area contributed by atoms with E-state index in [4.69, 9.17) is 14.5 Å². The average molecular weight is 452 g/mol. The van der Waals surface area contributed by atoms with Crippen LogP contribution in [-0.4, -0.2) is 64.3 Å². The van der Waals surface area contributed by atoms with Gasteiger partial charge in [-0.3, -0.25) is 0 Å². The second-order valence-electron chi connectivity index (χ2n) is 9.34. The van der Waals surface area contributed by atoms with E-state index in [2.05, 4.69) is 47.8 Å². The topological polar surface area (TPSA) is 92.9 Å². The van der Waals surface area contributed by atoms with Gasteiger partial charge in [-0.1, -0.05) is 18.2 Å². The molecule has 2 aromatic heterocycles. The van der Waals surface area contributed by atoms with Crippen molar-refractivity contribution in [3.8, 4) is 11.1 Å². The molecule has 0 atom stereocenters. The molecule has 2 aliphatic rings. The van der Waals surface area contributed by atoms with Crippen molar-refractivity contribution in [3.05, 3.63) is 41.6 Å². The highest BCUT2D eigenvalue weighted by atomic mass is 16.5. The molecule has 2 saturated heterocycles. The summed E-state index contributed by atoms with van der Waals surface area (Å²) in [4.78, 5) is 4.96. The van der Waals surface area contributed by atoms with E-state index in [1.807, 2.05) is 16.8 Å². The predicted octanol–water partition coefficient (Wildman–Crippen LogP) is 3.56. The fourth-order valence-electron chi connectivity index (χ4n) is 4.51. The first-order chi connectivity index (χ1) is 16.0. The van der Waals surface area contributed by atoms with Crippen LogP contribution in [0.4, 0.5) is 11.6 Å². The third kappa shape index (κ3) is 4.83. The van der Waals surface area contributed by atoms with E-state index in [0.29, 0.717) is 38.6 Å². The van der Waals surface area contributed by atoms with Gasteiger partial charge in [0.15, 0.2) is 5.65 Å². The number of aryl methyl sites for hydroxylation is 2. The minimum atomic E-state index is -0.786. The lowest BCUT2D eigenvalue weighted by Crippen LogP contribution is -2.42. The Bertz CT molecular complexity index is 1120. The van der Waals surface area contributed by atoms with Gasteiger partial charge in [0.1, 0.15) is 11.6 Å². The van der Waals surface area contributed by atoms with Crippen LogP contribution in [0.25, 0.3) is 16.8 Å². The molecule has 2 fully saturated rings. The molecule has 2 aliphatic heterocycles. The summed E-state index contributed by atoms with van der Waals surface area (Å²) in [5.74, 6) is 1.62. The smallest absolute Gasteiger partial charge is 0.167 e. The van der Waals surface area contributed by atoms with E-state index >= 15 is 0 Å². The van der Waals surface area contributed by atoms with E-state index in [-0.39, 0.29) is 0 Å². The van der Waals surface area contributed by atoms with Gasteiger partial charge in [-0.15, -0.1) is 0 Å². The first-order valence-corrected chi connectivity index (χ1v) is 11.9. The summed E-state index contributed by atoms with van der Waals surface area (Å²) in [7, 11) is 0. The number of hydrogen-bond acceptors (Lipinski definition) is 7. The number of ether oxygens (including phenoxy) is 2. The van der Waals surface area contributed by atoms with Crippen molar-refractivity contribution in [2.45, 2.75) is 51.2 Å². The molecule has 0 aliphatic carbocycles. The number of aliphatic hydroxyl groups is 1. The molecule has 8 heteroatoms. The van der Waals surface area contributed by atoms with Crippen molar-refractivity contribution in [1.82, 2.24) is 14.6 Å². The number of hydrogen-bond donors (Lipinski definition) is 3. The second kappa shape index (κ2) is 9.29. The highest BCUT2D eigenvalue weighted by molar-refractivity contribution is 5.80. The number of rotatable bonds is 6. The van der Waals surface area contributed by atoms with Gasteiger partial charge < -0.3 is 25.2 Å². The summed E-state index contributed by atoms with van der Waals surface area (Å²) < 4.78 is 12.8. The van der Waals surface area contributed by atoms with E-state index in [1.165, 1.54) is 11.1 Å². The number of nitrogens with zero attached hydrogens (tertiary/aromatic N) is 3. The first kappa shape index (κ1) is 22.1. The lowest BCUT2D eigenvalue weighted by Gasteiger charge is -2.32. The summed E-state index contributed by atoms with van der Waals surface area (Å²) in [6, 6.07) is 8.76. The largest absolute Gasteiger partial charge is 0.388 e. The monoisotopic (exact) mass is 451 g/mol. The van der Waals surface area contributed by atoms with E-state index < -0.39 is 5.60 Å². The maximum absolute atomic E-state index is 11.0. The summed E-state index contributed by atoms with van der Waals surface area (Å²) in [6.07, 6.45) is 5.03. The molecular weight excluding hydrogens is 418 g/mol. The minimum absolute atomic E-state index is 0.328. The van der Waals surface area contributed by atoms with Gasteiger partial charge >= 0.3 is 0 Å². The van der Waals surface area contributed by atoms with Crippen LogP contribution in [0, 0.1) is 13.8 Å². The molecule has 3 aromatic rings. The molecule has 5 rings (SSSR count). The molecule has 0 unspecified atom stereocenters. The van der Waals surface area contributed by atoms with Crippen LogP contribution in [0.3, 0.4) is 0 Å². The fraction of sp³-hybridized carbons (Fsp3) is 0.520. The van der Waals surface area contributed by atoms with Gasteiger partial charge in [0, 0.05) is 63.5 Å². The normalized spacial score (nSPS) is 19.0. The Labute approximate surface area is 194 Å². The summed E-state index contributed by atoms with van der Waals surface area (Å²) >= 11 is 0. The van der Waals surface area contributed by atoms with Crippen LogP contribution >= 0.6 is 0 Å². The van der Waals surface area contributed by atoms with Crippen LogP contribution in [-0.2, 0) is 9.47 Å². The Balaban J connectivity index is 1.51. The molecule has 8 nitrogen and oxygen atoms in total. The molecule has 0 amide bonds. The fourth-order valence-corrected chi connectivity index (χ4v) is 4.51. The first-order valence-electron chi connectivity index (χ1n) is 11.9. The predicted molar refractivity (Wildman–Crippen MR) is 129 cm³/mol.